The zero-order valence-electron chi connectivity index (χ0n) is 17.6. The molecule has 2 aromatic rings. The first kappa shape index (κ1) is 21.9. The molecule has 158 valence electrons. The molecular weight excluding hydrogens is 384 g/mol. The molecule has 1 saturated heterocycles. The van der Waals surface area contributed by atoms with E-state index in [1.807, 2.05) is 6.07 Å². The van der Waals surface area contributed by atoms with Gasteiger partial charge in [0.05, 0.1) is 5.69 Å². The third-order valence-electron chi connectivity index (χ3n) is 5.59. The van der Waals surface area contributed by atoms with Crippen LogP contribution in [-0.4, -0.2) is 47.2 Å². The van der Waals surface area contributed by atoms with Crippen molar-refractivity contribution >= 4 is 13.5 Å². The van der Waals surface area contributed by atoms with Crippen LogP contribution in [0.5, 0.6) is 11.6 Å². The maximum atomic E-state index is 5.66. The third kappa shape index (κ3) is 5.41. The maximum absolute atomic E-state index is 5.66. The summed E-state index contributed by atoms with van der Waals surface area (Å²) in [7, 11) is 0. The molecule has 1 unspecified atom stereocenters. The first-order valence-electron chi connectivity index (χ1n) is 10.3. The van der Waals surface area contributed by atoms with Crippen molar-refractivity contribution in [3.8, 4) is 11.6 Å². The van der Waals surface area contributed by atoms with Crippen LogP contribution in [0, 0.1) is 13.8 Å². The van der Waals surface area contributed by atoms with Gasteiger partial charge in [0, 0.05) is 36.6 Å². The lowest BCUT2D eigenvalue weighted by Gasteiger charge is -2.37. The number of hydrogen-bond acceptors (Lipinski definition) is 6. The summed E-state index contributed by atoms with van der Waals surface area (Å²) in [6.45, 7) is 10.5. The van der Waals surface area contributed by atoms with Gasteiger partial charge in [0.2, 0.25) is 0 Å². The highest BCUT2D eigenvalue weighted by atomic mass is 32.1. The Balaban J connectivity index is 0.00000240. The van der Waals surface area contributed by atoms with Crippen LogP contribution in [-0.2, 0) is 6.54 Å². The van der Waals surface area contributed by atoms with Crippen molar-refractivity contribution in [1.82, 2.24) is 20.2 Å². The molecule has 0 saturated carbocycles. The first-order chi connectivity index (χ1) is 13.6. The normalized spacial score (nSPS) is 20.0. The van der Waals surface area contributed by atoms with Crippen molar-refractivity contribution in [3.05, 3.63) is 46.9 Å². The Hall–Kier alpha value is -1.83. The maximum Gasteiger partial charge on any atom is 0.257 e. The van der Waals surface area contributed by atoms with E-state index in [0.717, 1.165) is 42.5 Å². The van der Waals surface area contributed by atoms with Gasteiger partial charge in [-0.25, -0.2) is 4.98 Å². The van der Waals surface area contributed by atoms with Gasteiger partial charge in [-0.1, -0.05) is 0 Å². The predicted molar refractivity (Wildman–Crippen MR) is 119 cm³/mol. The highest BCUT2D eigenvalue weighted by Crippen LogP contribution is 2.31. The number of nitrogens with one attached hydrogen (secondary N) is 1. The Labute approximate surface area is 180 Å². The topological polar surface area (TPSA) is 59.5 Å². The quantitative estimate of drug-likeness (QED) is 0.807. The second-order valence-corrected chi connectivity index (χ2v) is 7.89. The fourth-order valence-electron chi connectivity index (χ4n) is 4.17. The van der Waals surface area contributed by atoms with E-state index < -0.39 is 0 Å². The molecule has 2 atom stereocenters. The van der Waals surface area contributed by atoms with Gasteiger partial charge in [-0.3, -0.25) is 9.88 Å². The highest BCUT2D eigenvalue weighted by molar-refractivity contribution is 7.59. The minimum atomic E-state index is 0. The zero-order chi connectivity index (χ0) is 19.5. The molecule has 0 aliphatic carbocycles. The molecule has 2 aromatic heterocycles. The van der Waals surface area contributed by atoms with E-state index in [9.17, 15) is 0 Å². The number of hydrogen-bond donors (Lipinski definition) is 1. The summed E-state index contributed by atoms with van der Waals surface area (Å²) in [6.07, 6.45) is 2.40. The third-order valence-corrected chi connectivity index (χ3v) is 5.59. The van der Waals surface area contributed by atoms with Gasteiger partial charge in [-0.05, 0) is 70.0 Å². The fraction of sp³-hybridized carbons (Fsp3) is 0.545. The molecule has 4 rings (SSSR count). The minimum Gasteiger partial charge on any atom is -0.484 e. The smallest absolute Gasteiger partial charge is 0.257 e. The van der Waals surface area contributed by atoms with Crippen LogP contribution in [0.3, 0.4) is 0 Å². The first-order valence-corrected chi connectivity index (χ1v) is 10.3. The lowest BCUT2D eigenvalue weighted by Crippen LogP contribution is -2.46. The molecule has 0 radical (unpaired) electrons. The highest BCUT2D eigenvalue weighted by Gasteiger charge is 2.26. The van der Waals surface area contributed by atoms with Gasteiger partial charge >= 0.3 is 0 Å². The molecule has 6 nitrogen and oxygen atoms in total. The van der Waals surface area contributed by atoms with Crippen molar-refractivity contribution in [1.29, 1.82) is 0 Å². The Morgan fingerprint density at radius 3 is 2.69 bits per heavy atom. The molecule has 2 aliphatic rings. The van der Waals surface area contributed by atoms with Crippen molar-refractivity contribution in [2.75, 3.05) is 26.3 Å². The summed E-state index contributed by atoms with van der Waals surface area (Å²) in [5.74, 6) is 1.38. The van der Waals surface area contributed by atoms with Gasteiger partial charge in [-0.15, -0.1) is 0 Å². The van der Waals surface area contributed by atoms with E-state index in [4.69, 9.17) is 14.5 Å². The summed E-state index contributed by atoms with van der Waals surface area (Å²) in [6, 6.07) is 9.14. The Morgan fingerprint density at radius 1 is 1.14 bits per heavy atom. The summed E-state index contributed by atoms with van der Waals surface area (Å²) in [4.78, 5) is 11.7. The lowest BCUT2D eigenvalue weighted by atomic mass is 10.0. The number of likely N-dealkylation sites (tertiary alicyclic amines) is 1. The average Bonchev–Trinajstić information content (AvgIpc) is 2.71. The molecule has 1 fully saturated rings. The van der Waals surface area contributed by atoms with E-state index in [1.165, 1.54) is 18.4 Å². The van der Waals surface area contributed by atoms with Crippen LogP contribution >= 0.6 is 13.5 Å². The van der Waals surface area contributed by atoms with Gasteiger partial charge in [-0.2, -0.15) is 13.5 Å². The second-order valence-electron chi connectivity index (χ2n) is 7.89. The fourth-order valence-corrected chi connectivity index (χ4v) is 4.17. The number of pyridine rings is 2. The zero-order valence-corrected chi connectivity index (χ0v) is 18.6. The molecule has 0 aromatic carbocycles. The predicted octanol–water partition coefficient (Wildman–Crippen LogP) is 3.29. The van der Waals surface area contributed by atoms with Gasteiger partial charge in [0.1, 0.15) is 13.2 Å². The molecule has 1 N–H and O–H groups in total. The molecular formula is C22H32N4O2S. The molecule has 2 aliphatic heterocycles. The van der Waals surface area contributed by atoms with Crippen LogP contribution in [0.2, 0.25) is 0 Å². The monoisotopic (exact) mass is 416 g/mol. The lowest BCUT2D eigenvalue weighted by molar-refractivity contribution is 0.138. The van der Waals surface area contributed by atoms with Crippen molar-refractivity contribution < 1.29 is 9.47 Å². The van der Waals surface area contributed by atoms with Crippen LogP contribution in [0.25, 0.3) is 0 Å². The summed E-state index contributed by atoms with van der Waals surface area (Å²) in [5.41, 5.74) is 4.52. The van der Waals surface area contributed by atoms with E-state index in [0.29, 0.717) is 25.1 Å². The van der Waals surface area contributed by atoms with Crippen LogP contribution in [0.4, 0.5) is 0 Å². The van der Waals surface area contributed by atoms with Gasteiger partial charge < -0.3 is 14.8 Å². The van der Waals surface area contributed by atoms with Crippen LogP contribution in [0.1, 0.15) is 48.5 Å². The van der Waals surface area contributed by atoms with E-state index >= 15 is 0 Å². The number of nitrogens with zero attached hydrogens (tertiary/aromatic N) is 3. The Kier molecular flexibility index (Phi) is 7.38. The molecule has 4 heterocycles. The van der Waals surface area contributed by atoms with Gasteiger partial charge in [0.15, 0.2) is 5.75 Å². The number of ether oxygens (including phenoxy) is 2. The minimum absolute atomic E-state index is 0. The van der Waals surface area contributed by atoms with Crippen molar-refractivity contribution in [2.45, 2.75) is 52.2 Å². The summed E-state index contributed by atoms with van der Waals surface area (Å²) in [5, 5.41) is 3.74. The standard InChI is InChI=1S/C22H30N4O2.H2S/c1-15-11-18(12-16(2)24-15)13-23-19-5-4-8-26(14-19)17(3)20-6-7-21-22(25-20)28-10-9-27-21;/h6-7,11-12,17,19,23H,4-5,8-10,13-14H2,1-3H3;1H2/t17?,19-;/m0./s1. The number of fused-ring (bicyclic) bond motifs is 1. The Bertz CT molecular complexity index is 812. The van der Waals surface area contributed by atoms with Crippen LogP contribution < -0.4 is 14.8 Å². The molecule has 29 heavy (non-hydrogen) atoms. The van der Waals surface area contributed by atoms with E-state index in [2.05, 4.69) is 54.2 Å². The molecule has 7 heteroatoms. The average molecular weight is 417 g/mol. The SMILES string of the molecule is Cc1cc(CN[C@H]2CCCN(C(C)c3ccc4c(n3)OCCO4)C2)cc(C)n1.S. The van der Waals surface area contributed by atoms with Crippen molar-refractivity contribution in [2.24, 2.45) is 0 Å². The van der Waals surface area contributed by atoms with Crippen molar-refractivity contribution in [3.63, 3.8) is 0 Å². The summed E-state index contributed by atoms with van der Waals surface area (Å²) >= 11 is 0. The van der Waals surface area contributed by atoms with Gasteiger partial charge in [0.25, 0.3) is 5.88 Å². The van der Waals surface area contributed by atoms with Crippen LogP contribution in [0.15, 0.2) is 24.3 Å². The number of aromatic nitrogens is 2. The Morgan fingerprint density at radius 2 is 1.90 bits per heavy atom. The largest absolute Gasteiger partial charge is 0.484 e. The summed E-state index contributed by atoms with van der Waals surface area (Å²) < 4.78 is 11.3. The molecule has 0 amide bonds. The second kappa shape index (κ2) is 9.78. The number of aryl methyl sites for hydroxylation is 2. The number of rotatable bonds is 5. The van der Waals surface area contributed by atoms with E-state index in [-0.39, 0.29) is 19.5 Å². The number of piperidine rings is 1. The molecule has 0 bridgehead atoms. The molecule has 0 spiro atoms. The van der Waals surface area contributed by atoms with E-state index in [1.54, 1.807) is 0 Å².